The van der Waals surface area contributed by atoms with Crippen LogP contribution in [-0.2, 0) is 14.3 Å². The van der Waals surface area contributed by atoms with Gasteiger partial charge in [-0.05, 0) is 13.5 Å². The number of nitrogens with one attached hydrogen (secondary N) is 1. The molecular formula is C12H24N2O3. The molecule has 1 aliphatic heterocycles. The van der Waals surface area contributed by atoms with Crippen molar-refractivity contribution < 1.29 is 14.3 Å². The van der Waals surface area contributed by atoms with Crippen molar-refractivity contribution in [2.45, 2.75) is 26.4 Å². The van der Waals surface area contributed by atoms with Crippen molar-refractivity contribution in [1.82, 2.24) is 10.2 Å². The third kappa shape index (κ3) is 6.00. The molecule has 1 unspecified atom stereocenters. The molecule has 0 aromatic carbocycles. The third-order valence-electron chi connectivity index (χ3n) is 2.85. The molecule has 0 spiro atoms. The summed E-state index contributed by atoms with van der Waals surface area (Å²) < 4.78 is 10.5. The van der Waals surface area contributed by atoms with Gasteiger partial charge < -0.3 is 14.8 Å². The molecule has 5 heteroatoms. The molecule has 0 bridgehead atoms. The quantitative estimate of drug-likeness (QED) is 0.514. The van der Waals surface area contributed by atoms with E-state index >= 15 is 0 Å². The summed E-state index contributed by atoms with van der Waals surface area (Å²) in [7, 11) is 0. The van der Waals surface area contributed by atoms with E-state index in [0.29, 0.717) is 19.6 Å². The molecule has 1 atom stereocenters. The highest BCUT2D eigenvalue weighted by atomic mass is 16.5. The van der Waals surface area contributed by atoms with Gasteiger partial charge in [-0.25, -0.2) is 0 Å². The fraction of sp³-hybridized carbons (Fsp3) is 0.917. The van der Waals surface area contributed by atoms with Crippen molar-refractivity contribution >= 4 is 5.97 Å². The highest BCUT2D eigenvalue weighted by Crippen LogP contribution is 2.03. The maximum absolute atomic E-state index is 11.1. The van der Waals surface area contributed by atoms with Crippen LogP contribution >= 0.6 is 0 Å². The standard InChI is InChI=1S/C12H24N2O3/c1-3-14-7-8-17-11(10-14)9-13-6-5-12(15)16-4-2/h11,13H,3-10H2,1-2H3. The number of carbonyl (C=O) groups excluding carboxylic acids is 1. The number of hydrogen-bond acceptors (Lipinski definition) is 5. The second-order valence-electron chi connectivity index (χ2n) is 4.15. The molecule has 5 nitrogen and oxygen atoms in total. The van der Waals surface area contributed by atoms with Gasteiger partial charge in [0.25, 0.3) is 0 Å². The first-order valence-corrected chi connectivity index (χ1v) is 6.46. The SMILES string of the molecule is CCOC(=O)CCNCC1CN(CC)CCO1. The molecule has 17 heavy (non-hydrogen) atoms. The van der Waals surface area contributed by atoms with Crippen LogP contribution in [0.25, 0.3) is 0 Å². The summed E-state index contributed by atoms with van der Waals surface area (Å²) >= 11 is 0. The van der Waals surface area contributed by atoms with Crippen LogP contribution in [0, 0.1) is 0 Å². The largest absolute Gasteiger partial charge is 0.466 e. The molecule has 1 rings (SSSR count). The Kier molecular flexibility index (Phi) is 7.16. The fourth-order valence-electron chi connectivity index (χ4n) is 1.88. The molecule has 0 saturated carbocycles. The fourth-order valence-corrected chi connectivity index (χ4v) is 1.88. The lowest BCUT2D eigenvalue weighted by Crippen LogP contribution is -2.46. The Morgan fingerprint density at radius 3 is 3.06 bits per heavy atom. The number of hydrogen-bond donors (Lipinski definition) is 1. The lowest BCUT2D eigenvalue weighted by Gasteiger charge is -2.32. The van der Waals surface area contributed by atoms with E-state index in [1.54, 1.807) is 0 Å². The van der Waals surface area contributed by atoms with Gasteiger partial charge in [0.1, 0.15) is 0 Å². The van der Waals surface area contributed by atoms with Crippen molar-refractivity contribution in [2.24, 2.45) is 0 Å². The number of likely N-dealkylation sites (N-methyl/N-ethyl adjacent to an activating group) is 1. The van der Waals surface area contributed by atoms with Crippen molar-refractivity contribution in [2.75, 3.05) is 45.9 Å². The zero-order valence-corrected chi connectivity index (χ0v) is 10.9. The van der Waals surface area contributed by atoms with Crippen LogP contribution in [0.4, 0.5) is 0 Å². The normalized spacial score (nSPS) is 21.4. The zero-order chi connectivity index (χ0) is 12.5. The Labute approximate surface area is 103 Å². The molecule has 0 aliphatic carbocycles. The van der Waals surface area contributed by atoms with Crippen molar-refractivity contribution in [3.8, 4) is 0 Å². The number of ether oxygens (including phenoxy) is 2. The molecule has 0 aromatic heterocycles. The molecule has 1 N–H and O–H groups in total. The zero-order valence-electron chi connectivity index (χ0n) is 10.9. The van der Waals surface area contributed by atoms with Gasteiger partial charge in [0.15, 0.2) is 0 Å². The lowest BCUT2D eigenvalue weighted by molar-refractivity contribution is -0.143. The average molecular weight is 244 g/mol. The van der Waals surface area contributed by atoms with Crippen LogP contribution in [0.3, 0.4) is 0 Å². The summed E-state index contributed by atoms with van der Waals surface area (Å²) in [6, 6.07) is 0. The van der Waals surface area contributed by atoms with Crippen molar-refractivity contribution in [3.05, 3.63) is 0 Å². The maximum atomic E-state index is 11.1. The molecule has 1 heterocycles. The Morgan fingerprint density at radius 2 is 2.35 bits per heavy atom. The minimum Gasteiger partial charge on any atom is -0.466 e. The van der Waals surface area contributed by atoms with Crippen LogP contribution in [0.1, 0.15) is 20.3 Å². The van der Waals surface area contributed by atoms with Crippen LogP contribution in [0.15, 0.2) is 0 Å². The predicted octanol–water partition coefficient (Wildman–Crippen LogP) is 0.250. The number of morpholine rings is 1. The Hall–Kier alpha value is -0.650. The second-order valence-corrected chi connectivity index (χ2v) is 4.15. The third-order valence-corrected chi connectivity index (χ3v) is 2.85. The predicted molar refractivity (Wildman–Crippen MR) is 66.0 cm³/mol. The summed E-state index contributed by atoms with van der Waals surface area (Å²) in [5.74, 6) is -0.139. The van der Waals surface area contributed by atoms with E-state index < -0.39 is 0 Å². The Bertz CT molecular complexity index is 224. The number of esters is 1. The molecule has 0 aromatic rings. The van der Waals surface area contributed by atoms with Gasteiger partial charge in [0.05, 0.1) is 25.7 Å². The highest BCUT2D eigenvalue weighted by Gasteiger charge is 2.18. The molecular weight excluding hydrogens is 220 g/mol. The first kappa shape index (κ1) is 14.4. The smallest absolute Gasteiger partial charge is 0.307 e. The summed E-state index contributed by atoms with van der Waals surface area (Å²) in [5, 5.41) is 3.24. The minimum absolute atomic E-state index is 0.139. The molecule has 100 valence electrons. The highest BCUT2D eigenvalue weighted by molar-refractivity contribution is 5.69. The van der Waals surface area contributed by atoms with Gasteiger partial charge in [-0.1, -0.05) is 6.92 Å². The Morgan fingerprint density at radius 1 is 1.53 bits per heavy atom. The van der Waals surface area contributed by atoms with Crippen LogP contribution in [-0.4, -0.2) is 62.9 Å². The van der Waals surface area contributed by atoms with Crippen molar-refractivity contribution in [3.63, 3.8) is 0 Å². The first-order valence-electron chi connectivity index (χ1n) is 6.46. The molecule has 1 saturated heterocycles. The van der Waals surface area contributed by atoms with Crippen LogP contribution in [0.2, 0.25) is 0 Å². The summed E-state index contributed by atoms with van der Waals surface area (Å²) in [4.78, 5) is 13.5. The Balaban J connectivity index is 2.04. The van der Waals surface area contributed by atoms with Gasteiger partial charge in [-0.3, -0.25) is 9.69 Å². The van der Waals surface area contributed by atoms with Gasteiger partial charge in [-0.15, -0.1) is 0 Å². The average Bonchev–Trinajstić information content (AvgIpc) is 2.35. The number of rotatable bonds is 7. The molecule has 1 fully saturated rings. The maximum Gasteiger partial charge on any atom is 0.307 e. The van der Waals surface area contributed by atoms with Crippen molar-refractivity contribution in [1.29, 1.82) is 0 Å². The van der Waals surface area contributed by atoms with Gasteiger partial charge in [0, 0.05) is 26.2 Å². The monoisotopic (exact) mass is 244 g/mol. The van der Waals surface area contributed by atoms with E-state index in [4.69, 9.17) is 9.47 Å². The topological polar surface area (TPSA) is 50.8 Å². The van der Waals surface area contributed by atoms with Crippen LogP contribution in [0.5, 0.6) is 0 Å². The molecule has 0 radical (unpaired) electrons. The second kappa shape index (κ2) is 8.44. The first-order chi connectivity index (χ1) is 8.26. The van der Waals surface area contributed by atoms with E-state index in [9.17, 15) is 4.79 Å². The van der Waals surface area contributed by atoms with E-state index in [2.05, 4.69) is 17.1 Å². The summed E-state index contributed by atoms with van der Waals surface area (Å²) in [6.07, 6.45) is 0.670. The minimum atomic E-state index is -0.139. The summed E-state index contributed by atoms with van der Waals surface area (Å²) in [5.41, 5.74) is 0. The molecule has 1 aliphatic rings. The van der Waals surface area contributed by atoms with E-state index in [1.807, 2.05) is 6.92 Å². The van der Waals surface area contributed by atoms with Gasteiger partial charge in [0.2, 0.25) is 0 Å². The lowest BCUT2D eigenvalue weighted by atomic mass is 10.2. The van der Waals surface area contributed by atoms with Crippen LogP contribution < -0.4 is 5.32 Å². The van der Waals surface area contributed by atoms with E-state index in [0.717, 1.165) is 32.8 Å². The number of nitrogens with zero attached hydrogens (tertiary/aromatic N) is 1. The van der Waals surface area contributed by atoms with E-state index in [-0.39, 0.29) is 12.1 Å². The summed E-state index contributed by atoms with van der Waals surface area (Å²) in [6.45, 7) is 9.77. The van der Waals surface area contributed by atoms with Gasteiger partial charge >= 0.3 is 5.97 Å². The van der Waals surface area contributed by atoms with Gasteiger partial charge in [-0.2, -0.15) is 0 Å². The van der Waals surface area contributed by atoms with E-state index in [1.165, 1.54) is 0 Å². The molecule has 0 amide bonds. The number of carbonyl (C=O) groups is 1.